The zero-order valence-electron chi connectivity index (χ0n) is 23.6. The van der Waals surface area contributed by atoms with Gasteiger partial charge in [-0.3, -0.25) is 19.7 Å². The number of carbonyl (C=O) groups is 1. The number of hydrogen-bond acceptors (Lipinski definition) is 5. The van der Waals surface area contributed by atoms with Crippen molar-refractivity contribution in [2.45, 2.75) is 83.5 Å². The predicted octanol–water partition coefficient (Wildman–Crippen LogP) is 5.95. The van der Waals surface area contributed by atoms with Gasteiger partial charge in [0, 0.05) is 54.5 Å². The Bertz CT molecular complexity index is 1460. The van der Waals surface area contributed by atoms with E-state index in [2.05, 4.69) is 64.2 Å². The van der Waals surface area contributed by atoms with Crippen LogP contribution in [0.5, 0.6) is 0 Å². The van der Waals surface area contributed by atoms with E-state index >= 15 is 0 Å². The van der Waals surface area contributed by atoms with Crippen LogP contribution in [-0.2, 0) is 29.0 Å². The SMILES string of the molecule is CCCCCN(Cc1nccc2c3ccccc3n(CC(=O)NC3CCOCC3)c12)C1CCCc2cccnc21. The van der Waals surface area contributed by atoms with Crippen LogP contribution < -0.4 is 5.32 Å². The van der Waals surface area contributed by atoms with Crippen molar-refractivity contribution in [2.24, 2.45) is 0 Å². The fourth-order valence-corrected chi connectivity index (χ4v) is 6.65. The molecule has 1 fully saturated rings. The van der Waals surface area contributed by atoms with E-state index in [9.17, 15) is 4.79 Å². The number of nitrogens with zero attached hydrogens (tertiary/aromatic N) is 4. The Morgan fingerprint density at radius 2 is 1.90 bits per heavy atom. The predicted molar refractivity (Wildman–Crippen MR) is 159 cm³/mol. The summed E-state index contributed by atoms with van der Waals surface area (Å²) in [5.41, 5.74) is 5.80. The third-order valence-corrected chi connectivity index (χ3v) is 8.65. The van der Waals surface area contributed by atoms with Crippen LogP contribution in [-0.4, -0.2) is 51.1 Å². The number of rotatable bonds is 10. The normalized spacial score (nSPS) is 17.9. The summed E-state index contributed by atoms with van der Waals surface area (Å²) in [5, 5.41) is 5.60. The van der Waals surface area contributed by atoms with Gasteiger partial charge < -0.3 is 14.6 Å². The maximum atomic E-state index is 13.3. The van der Waals surface area contributed by atoms with Gasteiger partial charge >= 0.3 is 0 Å². The lowest BCUT2D eigenvalue weighted by Crippen LogP contribution is -2.40. The summed E-state index contributed by atoms with van der Waals surface area (Å²) in [7, 11) is 0. The molecule has 1 N–H and O–H groups in total. The molecule has 40 heavy (non-hydrogen) atoms. The van der Waals surface area contributed by atoms with E-state index in [1.54, 1.807) is 0 Å². The summed E-state index contributed by atoms with van der Waals surface area (Å²) in [6, 6.07) is 15.3. The van der Waals surface area contributed by atoms with Gasteiger partial charge in [0.1, 0.15) is 6.54 Å². The van der Waals surface area contributed by atoms with E-state index < -0.39 is 0 Å². The lowest BCUT2D eigenvalue weighted by Gasteiger charge is -2.35. The second-order valence-corrected chi connectivity index (χ2v) is 11.3. The molecule has 6 rings (SSSR count). The van der Waals surface area contributed by atoms with Crippen molar-refractivity contribution >= 4 is 27.7 Å². The quantitative estimate of drug-likeness (QED) is 0.252. The number of ether oxygens (including phenoxy) is 1. The van der Waals surface area contributed by atoms with Gasteiger partial charge in [-0.25, -0.2) is 0 Å². The topological polar surface area (TPSA) is 72.3 Å². The molecule has 4 heterocycles. The van der Waals surface area contributed by atoms with E-state index in [4.69, 9.17) is 14.7 Å². The molecule has 1 saturated heterocycles. The average molecular weight is 540 g/mol. The molecule has 2 aliphatic rings. The highest BCUT2D eigenvalue weighted by atomic mass is 16.5. The minimum absolute atomic E-state index is 0.0505. The lowest BCUT2D eigenvalue weighted by molar-refractivity contribution is -0.122. The Hall–Kier alpha value is -3.29. The molecular formula is C33H41N5O2. The minimum atomic E-state index is 0.0505. The van der Waals surface area contributed by atoms with Gasteiger partial charge in [0.15, 0.2) is 0 Å². The number of pyridine rings is 2. The summed E-state index contributed by atoms with van der Waals surface area (Å²) < 4.78 is 7.68. The van der Waals surface area contributed by atoms with Gasteiger partial charge in [0.25, 0.3) is 0 Å². The largest absolute Gasteiger partial charge is 0.381 e. The van der Waals surface area contributed by atoms with Gasteiger partial charge in [0.05, 0.1) is 22.9 Å². The van der Waals surface area contributed by atoms with Crippen molar-refractivity contribution < 1.29 is 9.53 Å². The Labute approximate surface area is 236 Å². The first-order chi connectivity index (χ1) is 19.7. The van der Waals surface area contributed by atoms with Crippen molar-refractivity contribution in [1.82, 2.24) is 24.8 Å². The number of para-hydroxylation sites is 1. The van der Waals surface area contributed by atoms with Crippen LogP contribution in [0.3, 0.4) is 0 Å². The van der Waals surface area contributed by atoms with Gasteiger partial charge in [-0.2, -0.15) is 0 Å². The summed E-state index contributed by atoms with van der Waals surface area (Å²) in [5.74, 6) is 0.0505. The van der Waals surface area contributed by atoms with Crippen LogP contribution in [0.15, 0.2) is 54.9 Å². The molecule has 1 aliphatic heterocycles. The third kappa shape index (κ3) is 5.63. The molecule has 0 bridgehead atoms. The van der Waals surface area contributed by atoms with Crippen LogP contribution >= 0.6 is 0 Å². The molecule has 7 heteroatoms. The Balaban J connectivity index is 1.37. The highest BCUT2D eigenvalue weighted by Gasteiger charge is 2.28. The fraction of sp³-hybridized carbons (Fsp3) is 0.485. The summed E-state index contributed by atoms with van der Waals surface area (Å²) in [4.78, 5) is 25.8. The van der Waals surface area contributed by atoms with Gasteiger partial charge in [-0.05, 0) is 68.8 Å². The zero-order chi connectivity index (χ0) is 27.3. The number of nitrogens with one attached hydrogen (secondary N) is 1. The molecule has 1 aromatic carbocycles. The second-order valence-electron chi connectivity index (χ2n) is 11.3. The minimum Gasteiger partial charge on any atom is -0.381 e. The monoisotopic (exact) mass is 539 g/mol. The first-order valence-corrected chi connectivity index (χ1v) is 15.1. The highest BCUT2D eigenvalue weighted by molar-refractivity contribution is 6.09. The molecule has 0 spiro atoms. The number of fused-ring (bicyclic) bond motifs is 4. The van der Waals surface area contributed by atoms with Crippen molar-refractivity contribution in [3.63, 3.8) is 0 Å². The molecule has 1 atom stereocenters. The Morgan fingerprint density at radius 3 is 2.77 bits per heavy atom. The number of carbonyl (C=O) groups excluding carboxylic acids is 1. The van der Waals surface area contributed by atoms with Crippen molar-refractivity contribution in [3.05, 3.63) is 71.8 Å². The van der Waals surface area contributed by atoms with Crippen molar-refractivity contribution in [2.75, 3.05) is 19.8 Å². The molecule has 1 aliphatic carbocycles. The number of unbranched alkanes of at least 4 members (excludes halogenated alkanes) is 2. The smallest absolute Gasteiger partial charge is 0.240 e. The summed E-state index contributed by atoms with van der Waals surface area (Å²) >= 11 is 0. The first-order valence-electron chi connectivity index (χ1n) is 15.1. The average Bonchev–Trinajstić information content (AvgIpc) is 3.31. The molecule has 3 aromatic heterocycles. The zero-order valence-corrected chi connectivity index (χ0v) is 23.6. The van der Waals surface area contributed by atoms with E-state index in [-0.39, 0.29) is 24.5 Å². The number of benzene rings is 1. The molecule has 1 unspecified atom stereocenters. The van der Waals surface area contributed by atoms with E-state index in [0.717, 1.165) is 67.3 Å². The summed E-state index contributed by atoms with van der Waals surface area (Å²) in [6.07, 6.45) is 12.6. The highest BCUT2D eigenvalue weighted by Crippen LogP contribution is 2.36. The van der Waals surface area contributed by atoms with Gasteiger partial charge in [-0.1, -0.05) is 44.0 Å². The number of aryl methyl sites for hydroxylation is 1. The lowest BCUT2D eigenvalue weighted by atomic mass is 9.90. The molecule has 0 radical (unpaired) electrons. The third-order valence-electron chi connectivity index (χ3n) is 8.65. The molecule has 7 nitrogen and oxygen atoms in total. The summed E-state index contributed by atoms with van der Waals surface area (Å²) in [6.45, 7) is 5.71. The molecule has 0 saturated carbocycles. The molecular weight excluding hydrogens is 498 g/mol. The number of hydrogen-bond donors (Lipinski definition) is 1. The first kappa shape index (κ1) is 26.9. The molecule has 4 aromatic rings. The number of amides is 1. The van der Waals surface area contributed by atoms with Crippen LogP contribution in [0.2, 0.25) is 0 Å². The van der Waals surface area contributed by atoms with E-state index in [0.29, 0.717) is 13.2 Å². The van der Waals surface area contributed by atoms with E-state index in [1.165, 1.54) is 35.9 Å². The maximum Gasteiger partial charge on any atom is 0.240 e. The van der Waals surface area contributed by atoms with Crippen molar-refractivity contribution in [1.29, 1.82) is 0 Å². The number of aromatic nitrogens is 3. The Kier molecular flexibility index (Phi) is 8.40. The molecule has 1 amide bonds. The fourth-order valence-electron chi connectivity index (χ4n) is 6.65. The van der Waals surface area contributed by atoms with Crippen molar-refractivity contribution in [3.8, 4) is 0 Å². The maximum absolute atomic E-state index is 13.3. The van der Waals surface area contributed by atoms with E-state index in [1.807, 2.05) is 12.4 Å². The molecule has 210 valence electrons. The Morgan fingerprint density at radius 1 is 1.02 bits per heavy atom. The van der Waals surface area contributed by atoms with Gasteiger partial charge in [-0.15, -0.1) is 0 Å². The van der Waals surface area contributed by atoms with Crippen LogP contribution in [0.25, 0.3) is 21.8 Å². The van der Waals surface area contributed by atoms with Gasteiger partial charge in [0.2, 0.25) is 5.91 Å². The van der Waals surface area contributed by atoms with Crippen LogP contribution in [0.1, 0.15) is 74.9 Å². The second kappa shape index (κ2) is 12.5. The standard InChI is InChI=1S/C33H41N5O2/c1-2-3-6-19-37(30-13-7-9-24-10-8-17-35-32(24)30)22-28-33-27(14-18-34-28)26-11-4-5-12-29(26)38(33)23-31(39)36-25-15-20-40-21-16-25/h4-5,8,10-12,14,17-18,25,30H,2-3,6-7,9,13,15-16,19-23H2,1H3,(H,36,39). The van der Waals surface area contributed by atoms with Crippen LogP contribution in [0.4, 0.5) is 0 Å². The van der Waals surface area contributed by atoms with Crippen LogP contribution in [0, 0.1) is 0 Å².